The van der Waals surface area contributed by atoms with E-state index in [1.807, 2.05) is 42.5 Å². The summed E-state index contributed by atoms with van der Waals surface area (Å²) in [6.07, 6.45) is -0.805. The molecule has 210 valence electrons. The standard InChI is InChI=1S/C29H31N3O7S/c30-28(38)21(11-16-26(34)35)32-29(39)22(12-17-27(36)37)31-25(33)15-8-18-6-9-20(10-7-18)24-14-13-23(40-24)19-4-2-1-3-5-19/h1-7,9-10,13-14,21-22H,8,11-12,15-17H2,(H2,30,38)(H,31,33)(H,32,39)(H,34,35)(H,36,37). The minimum Gasteiger partial charge on any atom is -0.481 e. The molecular weight excluding hydrogens is 534 g/mol. The van der Waals surface area contributed by atoms with Gasteiger partial charge in [0.2, 0.25) is 17.7 Å². The zero-order valence-electron chi connectivity index (χ0n) is 21.7. The predicted octanol–water partition coefficient (Wildman–Crippen LogP) is 3.20. The van der Waals surface area contributed by atoms with Gasteiger partial charge in [0, 0.05) is 29.0 Å². The molecule has 0 spiro atoms. The van der Waals surface area contributed by atoms with Gasteiger partial charge in [-0.1, -0.05) is 54.6 Å². The zero-order valence-corrected chi connectivity index (χ0v) is 22.5. The van der Waals surface area contributed by atoms with Gasteiger partial charge in [-0.3, -0.25) is 24.0 Å². The van der Waals surface area contributed by atoms with Crippen molar-refractivity contribution in [3.8, 4) is 20.9 Å². The summed E-state index contributed by atoms with van der Waals surface area (Å²) in [6, 6.07) is 19.6. The SMILES string of the molecule is NC(=O)C(CCC(=O)O)NC(=O)C(CCC(=O)O)NC(=O)CCc1ccc(-c2ccc(-c3ccccc3)s2)cc1. The maximum absolute atomic E-state index is 12.7. The fourth-order valence-corrected chi connectivity index (χ4v) is 4.99. The van der Waals surface area contributed by atoms with E-state index in [4.69, 9.17) is 15.9 Å². The van der Waals surface area contributed by atoms with Crippen LogP contribution in [0.3, 0.4) is 0 Å². The van der Waals surface area contributed by atoms with E-state index in [-0.39, 0.29) is 19.3 Å². The molecule has 0 aliphatic heterocycles. The summed E-state index contributed by atoms with van der Waals surface area (Å²) in [5.74, 6) is -4.54. The van der Waals surface area contributed by atoms with Gasteiger partial charge in [-0.05, 0) is 48.1 Å². The molecule has 3 amide bonds. The fraction of sp³-hybridized carbons (Fsp3) is 0.276. The van der Waals surface area contributed by atoms with E-state index in [0.29, 0.717) is 6.42 Å². The van der Waals surface area contributed by atoms with Crippen molar-refractivity contribution < 1.29 is 34.2 Å². The first-order valence-corrected chi connectivity index (χ1v) is 13.5. The van der Waals surface area contributed by atoms with E-state index in [9.17, 15) is 24.0 Å². The molecule has 0 saturated heterocycles. The highest BCUT2D eigenvalue weighted by Crippen LogP contribution is 2.34. The molecule has 3 aromatic rings. The summed E-state index contributed by atoms with van der Waals surface area (Å²) in [7, 11) is 0. The Morgan fingerprint density at radius 3 is 1.80 bits per heavy atom. The molecule has 0 aliphatic carbocycles. The van der Waals surface area contributed by atoms with E-state index in [1.165, 1.54) is 4.88 Å². The topological polar surface area (TPSA) is 176 Å². The number of rotatable bonds is 15. The first kappa shape index (κ1) is 30.0. The number of hydrogen-bond acceptors (Lipinski definition) is 6. The van der Waals surface area contributed by atoms with Gasteiger partial charge in [-0.15, -0.1) is 11.3 Å². The van der Waals surface area contributed by atoms with Crippen LogP contribution in [0.1, 0.15) is 37.7 Å². The molecule has 1 aromatic heterocycles. The Labute approximate surface area is 235 Å². The highest BCUT2D eigenvalue weighted by Gasteiger charge is 2.26. The molecule has 1 heterocycles. The predicted molar refractivity (Wildman–Crippen MR) is 150 cm³/mol. The number of hydrogen-bond donors (Lipinski definition) is 5. The lowest BCUT2D eigenvalue weighted by atomic mass is 10.0. The first-order valence-electron chi connectivity index (χ1n) is 12.7. The Kier molecular flexibility index (Phi) is 11.0. The number of aliphatic carboxylic acids is 2. The lowest BCUT2D eigenvalue weighted by Crippen LogP contribution is -2.53. The average molecular weight is 566 g/mol. The van der Waals surface area contributed by atoms with Gasteiger partial charge in [0.15, 0.2) is 0 Å². The number of aryl methyl sites for hydroxylation is 1. The molecule has 2 aromatic carbocycles. The number of amides is 3. The molecule has 2 atom stereocenters. The Balaban J connectivity index is 1.57. The van der Waals surface area contributed by atoms with Crippen molar-refractivity contribution in [2.75, 3.05) is 0 Å². The highest BCUT2D eigenvalue weighted by molar-refractivity contribution is 7.18. The molecule has 0 saturated carbocycles. The minimum atomic E-state index is -1.27. The number of thiophene rings is 1. The lowest BCUT2D eigenvalue weighted by molar-refractivity contribution is -0.139. The molecule has 10 nitrogen and oxygen atoms in total. The third-order valence-electron chi connectivity index (χ3n) is 6.15. The van der Waals surface area contributed by atoms with Crippen molar-refractivity contribution in [2.24, 2.45) is 5.73 Å². The zero-order chi connectivity index (χ0) is 29.1. The summed E-state index contributed by atoms with van der Waals surface area (Å²) < 4.78 is 0. The van der Waals surface area contributed by atoms with E-state index < -0.39 is 54.6 Å². The fourth-order valence-electron chi connectivity index (χ4n) is 3.97. The van der Waals surface area contributed by atoms with Crippen LogP contribution in [-0.2, 0) is 30.4 Å². The molecule has 40 heavy (non-hydrogen) atoms. The normalized spacial score (nSPS) is 12.2. The van der Waals surface area contributed by atoms with Crippen LogP contribution in [0, 0.1) is 0 Å². The smallest absolute Gasteiger partial charge is 0.303 e. The Hall–Kier alpha value is -4.51. The van der Waals surface area contributed by atoms with Gasteiger partial charge in [0.05, 0.1) is 0 Å². The van der Waals surface area contributed by atoms with Crippen molar-refractivity contribution in [1.29, 1.82) is 0 Å². The van der Waals surface area contributed by atoms with Crippen molar-refractivity contribution in [3.05, 3.63) is 72.3 Å². The summed E-state index contributed by atoms with van der Waals surface area (Å²) in [5, 5.41) is 22.7. The number of benzene rings is 2. The minimum absolute atomic E-state index is 0.0472. The largest absolute Gasteiger partial charge is 0.481 e. The molecule has 0 radical (unpaired) electrons. The number of carboxylic acids is 2. The van der Waals surface area contributed by atoms with Crippen LogP contribution >= 0.6 is 11.3 Å². The number of nitrogens with one attached hydrogen (secondary N) is 2. The molecule has 3 rings (SSSR count). The molecule has 2 unspecified atom stereocenters. The van der Waals surface area contributed by atoms with Crippen LogP contribution in [0.2, 0.25) is 0 Å². The van der Waals surface area contributed by atoms with Gasteiger partial charge in [-0.2, -0.15) is 0 Å². The molecule has 6 N–H and O–H groups in total. The van der Waals surface area contributed by atoms with E-state index in [0.717, 1.165) is 21.6 Å². The number of nitrogens with two attached hydrogens (primary N) is 1. The number of carbonyl (C=O) groups is 5. The second-order valence-corrected chi connectivity index (χ2v) is 10.3. The highest BCUT2D eigenvalue weighted by atomic mass is 32.1. The van der Waals surface area contributed by atoms with Crippen LogP contribution in [0.5, 0.6) is 0 Å². The van der Waals surface area contributed by atoms with Crippen molar-refractivity contribution in [1.82, 2.24) is 10.6 Å². The summed E-state index contributed by atoms with van der Waals surface area (Å²) >= 11 is 1.69. The number of primary amides is 1. The monoisotopic (exact) mass is 565 g/mol. The Morgan fingerprint density at radius 1 is 0.700 bits per heavy atom. The van der Waals surface area contributed by atoms with Crippen LogP contribution in [0.25, 0.3) is 20.9 Å². The van der Waals surface area contributed by atoms with E-state index >= 15 is 0 Å². The molecular formula is C29H31N3O7S. The van der Waals surface area contributed by atoms with Crippen LogP contribution in [0.4, 0.5) is 0 Å². The van der Waals surface area contributed by atoms with E-state index in [1.54, 1.807) is 11.3 Å². The molecule has 0 aliphatic rings. The molecule has 0 fully saturated rings. The maximum atomic E-state index is 12.7. The third-order valence-corrected chi connectivity index (χ3v) is 7.33. The summed E-state index contributed by atoms with van der Waals surface area (Å²) in [4.78, 5) is 61.1. The quantitative estimate of drug-likeness (QED) is 0.188. The van der Waals surface area contributed by atoms with Crippen molar-refractivity contribution in [3.63, 3.8) is 0 Å². The van der Waals surface area contributed by atoms with Crippen LogP contribution < -0.4 is 16.4 Å². The Morgan fingerprint density at radius 2 is 1.25 bits per heavy atom. The first-order chi connectivity index (χ1) is 19.1. The van der Waals surface area contributed by atoms with E-state index in [2.05, 4.69) is 34.9 Å². The van der Waals surface area contributed by atoms with Crippen molar-refractivity contribution in [2.45, 2.75) is 50.6 Å². The molecule has 0 bridgehead atoms. The third kappa shape index (κ3) is 9.35. The average Bonchev–Trinajstić information content (AvgIpc) is 3.43. The Bertz CT molecular complexity index is 1340. The van der Waals surface area contributed by atoms with Gasteiger partial charge in [-0.25, -0.2) is 0 Å². The second kappa shape index (κ2) is 14.6. The van der Waals surface area contributed by atoms with Gasteiger partial charge in [0.25, 0.3) is 0 Å². The number of carboxylic acid groups (broad SMARTS) is 2. The second-order valence-electron chi connectivity index (χ2n) is 9.18. The maximum Gasteiger partial charge on any atom is 0.303 e. The van der Waals surface area contributed by atoms with Gasteiger partial charge >= 0.3 is 11.9 Å². The van der Waals surface area contributed by atoms with Gasteiger partial charge in [0.1, 0.15) is 12.1 Å². The van der Waals surface area contributed by atoms with Crippen molar-refractivity contribution >= 4 is 41.0 Å². The lowest BCUT2D eigenvalue weighted by Gasteiger charge is -2.21. The summed E-state index contributed by atoms with van der Waals surface area (Å²) in [5.41, 5.74) is 8.37. The van der Waals surface area contributed by atoms with Crippen LogP contribution in [0.15, 0.2) is 66.7 Å². The van der Waals surface area contributed by atoms with Gasteiger partial charge < -0.3 is 26.6 Å². The summed E-state index contributed by atoms with van der Waals surface area (Å²) in [6.45, 7) is 0. The number of carbonyl (C=O) groups excluding carboxylic acids is 3. The van der Waals surface area contributed by atoms with Crippen LogP contribution in [-0.4, -0.2) is 52.0 Å². The molecule has 11 heteroatoms.